The third kappa shape index (κ3) is 3.04. The van der Waals surface area contributed by atoms with Gasteiger partial charge in [0, 0.05) is 18.8 Å². The van der Waals surface area contributed by atoms with Gasteiger partial charge in [-0.05, 0) is 19.4 Å². The Morgan fingerprint density at radius 1 is 1.43 bits per heavy atom. The van der Waals surface area contributed by atoms with Gasteiger partial charge in [0.15, 0.2) is 0 Å². The second-order valence-corrected chi connectivity index (χ2v) is 5.26. The molecule has 1 aromatic heterocycles. The summed E-state index contributed by atoms with van der Waals surface area (Å²) in [5.41, 5.74) is 0.942. The van der Waals surface area contributed by atoms with Crippen molar-refractivity contribution in [1.29, 1.82) is 0 Å². The summed E-state index contributed by atoms with van der Waals surface area (Å²) in [6, 6.07) is 0. The van der Waals surface area contributed by atoms with Crippen molar-refractivity contribution < 1.29 is 8.42 Å². The zero-order chi connectivity index (χ0) is 10.8. The van der Waals surface area contributed by atoms with E-state index in [9.17, 15) is 8.42 Å². The fraction of sp³-hybridized carbons (Fsp3) is 0.500. The second kappa shape index (κ2) is 4.02. The van der Waals surface area contributed by atoms with Crippen LogP contribution in [0.1, 0.15) is 18.3 Å². The molecule has 6 heteroatoms. The molecule has 0 unspecified atom stereocenters. The molecule has 1 atom stereocenters. The van der Waals surface area contributed by atoms with Crippen molar-refractivity contribution in [3.8, 4) is 0 Å². The van der Waals surface area contributed by atoms with E-state index in [0.29, 0.717) is 5.82 Å². The van der Waals surface area contributed by atoms with Crippen molar-refractivity contribution in [2.24, 2.45) is 5.14 Å². The molecule has 1 rings (SSSR count). The molecule has 0 aliphatic carbocycles. The minimum Gasteiger partial charge on any atom is -0.241 e. The van der Waals surface area contributed by atoms with E-state index in [2.05, 4.69) is 9.97 Å². The first-order valence-corrected chi connectivity index (χ1v) is 5.79. The molecule has 0 aliphatic heterocycles. The summed E-state index contributed by atoms with van der Waals surface area (Å²) in [6.07, 6.45) is 3.55. The Kier molecular flexibility index (Phi) is 3.17. The molecule has 14 heavy (non-hydrogen) atoms. The van der Waals surface area contributed by atoms with E-state index in [0.717, 1.165) is 5.56 Å². The van der Waals surface area contributed by atoms with Gasteiger partial charge in [0.05, 0.1) is 5.25 Å². The number of nitrogens with zero attached hydrogens (tertiary/aromatic N) is 2. The van der Waals surface area contributed by atoms with Gasteiger partial charge >= 0.3 is 0 Å². The first kappa shape index (κ1) is 11.1. The normalized spacial score (nSPS) is 13.9. The van der Waals surface area contributed by atoms with Crippen LogP contribution in [0.15, 0.2) is 12.4 Å². The summed E-state index contributed by atoms with van der Waals surface area (Å²) in [5.74, 6) is 0.497. The molecule has 78 valence electrons. The van der Waals surface area contributed by atoms with Crippen LogP contribution in [-0.2, 0) is 16.4 Å². The minimum absolute atomic E-state index is 0.249. The molecule has 2 N–H and O–H groups in total. The monoisotopic (exact) mass is 215 g/mol. The summed E-state index contributed by atoms with van der Waals surface area (Å²) >= 11 is 0. The molecule has 0 aromatic carbocycles. The van der Waals surface area contributed by atoms with Crippen LogP contribution in [0.4, 0.5) is 0 Å². The lowest BCUT2D eigenvalue weighted by molar-refractivity contribution is 0.582. The van der Waals surface area contributed by atoms with Crippen LogP contribution in [0, 0.1) is 6.92 Å². The van der Waals surface area contributed by atoms with Crippen molar-refractivity contribution in [3.05, 3.63) is 23.8 Å². The molecule has 0 radical (unpaired) electrons. The molecule has 0 aliphatic rings. The van der Waals surface area contributed by atoms with E-state index in [1.807, 2.05) is 6.92 Å². The molecule has 1 aromatic rings. The summed E-state index contributed by atoms with van der Waals surface area (Å²) in [5, 5.41) is 4.33. The summed E-state index contributed by atoms with van der Waals surface area (Å²) < 4.78 is 21.8. The zero-order valence-electron chi connectivity index (χ0n) is 8.14. The van der Waals surface area contributed by atoms with Gasteiger partial charge in [-0.2, -0.15) is 0 Å². The summed E-state index contributed by atoms with van der Waals surface area (Å²) in [7, 11) is -3.49. The second-order valence-electron chi connectivity index (χ2n) is 3.28. The smallest absolute Gasteiger partial charge is 0.212 e. The Hall–Kier alpha value is -1.01. The number of aromatic nitrogens is 2. The SMILES string of the molecule is Cc1cnc(C[C@@H](C)S(N)(=O)=O)nc1. The van der Waals surface area contributed by atoms with Crippen LogP contribution in [0.5, 0.6) is 0 Å². The molecule has 0 amide bonds. The van der Waals surface area contributed by atoms with E-state index < -0.39 is 15.3 Å². The molecule has 5 nitrogen and oxygen atoms in total. The fourth-order valence-corrected chi connectivity index (χ4v) is 1.28. The number of aryl methyl sites for hydroxylation is 1. The third-order valence-electron chi connectivity index (χ3n) is 1.87. The van der Waals surface area contributed by atoms with Crippen molar-refractivity contribution >= 4 is 10.0 Å². The Labute approximate surface area is 83.4 Å². The van der Waals surface area contributed by atoms with Gasteiger partial charge in [-0.15, -0.1) is 0 Å². The number of hydrogen-bond donors (Lipinski definition) is 1. The van der Waals surface area contributed by atoms with Crippen molar-refractivity contribution in [1.82, 2.24) is 9.97 Å². The van der Waals surface area contributed by atoms with E-state index in [1.54, 1.807) is 19.3 Å². The number of hydrogen-bond acceptors (Lipinski definition) is 4. The molecule has 1 heterocycles. The van der Waals surface area contributed by atoms with Gasteiger partial charge in [0.25, 0.3) is 0 Å². The highest BCUT2D eigenvalue weighted by Gasteiger charge is 2.17. The van der Waals surface area contributed by atoms with E-state index in [1.165, 1.54) is 0 Å². The van der Waals surface area contributed by atoms with E-state index in [-0.39, 0.29) is 6.42 Å². The highest BCUT2D eigenvalue weighted by molar-refractivity contribution is 7.89. The maximum absolute atomic E-state index is 10.9. The molecule has 0 saturated carbocycles. The van der Waals surface area contributed by atoms with E-state index in [4.69, 9.17) is 5.14 Å². The Morgan fingerprint density at radius 3 is 2.36 bits per heavy atom. The van der Waals surface area contributed by atoms with Gasteiger partial charge < -0.3 is 0 Å². The highest BCUT2D eigenvalue weighted by Crippen LogP contribution is 2.03. The van der Waals surface area contributed by atoms with Crippen molar-refractivity contribution in [3.63, 3.8) is 0 Å². The topological polar surface area (TPSA) is 85.9 Å². The summed E-state index contributed by atoms with van der Waals surface area (Å²) in [6.45, 7) is 3.41. The number of nitrogens with two attached hydrogens (primary N) is 1. The first-order valence-electron chi connectivity index (χ1n) is 4.18. The predicted molar refractivity (Wildman–Crippen MR) is 53.0 cm³/mol. The van der Waals surface area contributed by atoms with Gasteiger partial charge in [0.1, 0.15) is 5.82 Å². The van der Waals surface area contributed by atoms with Crippen LogP contribution < -0.4 is 5.14 Å². The highest BCUT2D eigenvalue weighted by atomic mass is 32.2. The van der Waals surface area contributed by atoms with Crippen LogP contribution in [0.3, 0.4) is 0 Å². The lowest BCUT2D eigenvalue weighted by atomic mass is 10.3. The van der Waals surface area contributed by atoms with Gasteiger partial charge in [-0.25, -0.2) is 23.5 Å². The lowest BCUT2D eigenvalue weighted by Gasteiger charge is -2.06. The molecule has 0 fully saturated rings. The van der Waals surface area contributed by atoms with Gasteiger partial charge in [-0.1, -0.05) is 0 Å². The Balaban J connectivity index is 2.75. The molecule has 0 saturated heterocycles. The van der Waals surface area contributed by atoms with Gasteiger partial charge in [-0.3, -0.25) is 0 Å². The Morgan fingerprint density at radius 2 is 1.93 bits per heavy atom. The maximum Gasteiger partial charge on any atom is 0.212 e. The predicted octanol–water partition coefficient (Wildman–Crippen LogP) is 0.00452. The quantitative estimate of drug-likeness (QED) is 0.769. The summed E-state index contributed by atoms with van der Waals surface area (Å²) in [4.78, 5) is 8.00. The molecular weight excluding hydrogens is 202 g/mol. The standard InChI is InChI=1S/C8H13N3O2S/c1-6-4-10-8(11-5-6)3-7(2)14(9,12)13/h4-5,7H,3H2,1-2H3,(H2,9,12,13)/t7-/m1/s1. The lowest BCUT2D eigenvalue weighted by Crippen LogP contribution is -2.28. The van der Waals surface area contributed by atoms with E-state index >= 15 is 0 Å². The van der Waals surface area contributed by atoms with Crippen LogP contribution in [0.25, 0.3) is 0 Å². The van der Waals surface area contributed by atoms with Crippen molar-refractivity contribution in [2.45, 2.75) is 25.5 Å². The minimum atomic E-state index is -3.49. The first-order chi connectivity index (χ1) is 6.39. The number of rotatable bonds is 3. The third-order valence-corrected chi connectivity index (χ3v) is 3.15. The Bertz CT molecular complexity index is 399. The zero-order valence-corrected chi connectivity index (χ0v) is 8.95. The number of primary sulfonamides is 1. The molecular formula is C8H13N3O2S. The van der Waals surface area contributed by atoms with Gasteiger partial charge in [0.2, 0.25) is 10.0 Å². The average molecular weight is 215 g/mol. The molecule has 0 bridgehead atoms. The van der Waals surface area contributed by atoms with Crippen LogP contribution >= 0.6 is 0 Å². The molecule has 0 spiro atoms. The number of sulfonamides is 1. The van der Waals surface area contributed by atoms with Crippen molar-refractivity contribution in [2.75, 3.05) is 0 Å². The maximum atomic E-state index is 10.9. The fourth-order valence-electron chi connectivity index (χ4n) is 0.898. The van der Waals surface area contributed by atoms with Crippen LogP contribution in [0.2, 0.25) is 0 Å². The van der Waals surface area contributed by atoms with Crippen LogP contribution in [-0.4, -0.2) is 23.6 Å². The largest absolute Gasteiger partial charge is 0.241 e. The average Bonchev–Trinajstić information content (AvgIpc) is 2.07.